The molecule has 8 heteroatoms. The Hall–Kier alpha value is -1.15. The van der Waals surface area contributed by atoms with Crippen LogP contribution >= 0.6 is 11.6 Å². The van der Waals surface area contributed by atoms with Crippen molar-refractivity contribution in [2.24, 2.45) is 5.73 Å². The summed E-state index contributed by atoms with van der Waals surface area (Å²) in [5.41, 5.74) is 4.66. The zero-order chi connectivity index (χ0) is 16.5. The van der Waals surface area contributed by atoms with Crippen LogP contribution in [0.15, 0.2) is 23.1 Å². The van der Waals surface area contributed by atoms with Gasteiger partial charge in [0.25, 0.3) is 0 Å². The Balaban J connectivity index is 2.60. The Kier molecular flexibility index (Phi) is 4.81. The predicted octanol–water partition coefficient (Wildman–Crippen LogP) is 1.30. The van der Waals surface area contributed by atoms with E-state index in [9.17, 15) is 13.2 Å². The minimum atomic E-state index is -3.95. The fourth-order valence-corrected chi connectivity index (χ4v) is 5.55. The summed E-state index contributed by atoms with van der Waals surface area (Å²) >= 11 is 6.09. The quantitative estimate of drug-likeness (QED) is 0.870. The number of nitrogens with two attached hydrogens (primary N) is 1. The molecule has 1 fully saturated rings. The smallest absolute Gasteiger partial charge is 0.245 e. The summed E-state index contributed by atoms with van der Waals surface area (Å²) < 4.78 is 32.3. The second-order valence-electron chi connectivity index (χ2n) is 5.40. The number of primary amides is 1. The lowest BCUT2D eigenvalue weighted by Gasteiger charge is -2.34. The maximum atomic E-state index is 13.0. The van der Waals surface area contributed by atoms with Gasteiger partial charge in [-0.1, -0.05) is 23.7 Å². The van der Waals surface area contributed by atoms with Crippen LogP contribution in [0, 0.1) is 6.92 Å². The van der Waals surface area contributed by atoms with Crippen LogP contribution in [0.25, 0.3) is 0 Å². The van der Waals surface area contributed by atoms with Gasteiger partial charge in [0.1, 0.15) is 10.4 Å². The average molecular weight is 347 g/mol. The van der Waals surface area contributed by atoms with Gasteiger partial charge in [-0.25, -0.2) is 8.42 Å². The lowest BCUT2D eigenvalue weighted by atomic mass is 9.98. The first-order valence-electron chi connectivity index (χ1n) is 6.84. The van der Waals surface area contributed by atoms with Crippen molar-refractivity contribution in [2.45, 2.75) is 30.2 Å². The Morgan fingerprint density at radius 3 is 2.73 bits per heavy atom. The maximum Gasteiger partial charge on any atom is 0.245 e. The van der Waals surface area contributed by atoms with E-state index in [0.717, 1.165) is 4.31 Å². The van der Waals surface area contributed by atoms with Crippen molar-refractivity contribution >= 4 is 27.5 Å². The van der Waals surface area contributed by atoms with Crippen LogP contribution < -0.4 is 5.73 Å². The molecule has 1 heterocycles. The number of rotatable bonds is 5. The molecular weight excluding hydrogens is 328 g/mol. The third-order valence-corrected chi connectivity index (χ3v) is 6.58. The van der Waals surface area contributed by atoms with Crippen LogP contribution in [0.4, 0.5) is 0 Å². The number of amides is 1. The summed E-state index contributed by atoms with van der Waals surface area (Å²) in [7, 11) is -2.54. The molecular formula is C14H19ClN2O4S. The van der Waals surface area contributed by atoms with E-state index in [2.05, 4.69) is 0 Å². The van der Waals surface area contributed by atoms with E-state index in [1.165, 1.54) is 13.2 Å². The largest absolute Gasteiger partial charge is 0.382 e. The van der Waals surface area contributed by atoms with Crippen molar-refractivity contribution in [3.63, 3.8) is 0 Å². The van der Waals surface area contributed by atoms with Crippen LogP contribution in [0.5, 0.6) is 0 Å². The van der Waals surface area contributed by atoms with Crippen LogP contribution in [-0.2, 0) is 19.6 Å². The number of ether oxygens (including phenoxy) is 1. The topological polar surface area (TPSA) is 89.7 Å². The number of hydrogen-bond donors (Lipinski definition) is 1. The molecule has 0 radical (unpaired) electrons. The van der Waals surface area contributed by atoms with Gasteiger partial charge in [-0.2, -0.15) is 4.31 Å². The summed E-state index contributed by atoms with van der Waals surface area (Å²) in [6.45, 7) is 1.79. The summed E-state index contributed by atoms with van der Waals surface area (Å²) in [5.74, 6) is -0.708. The third kappa shape index (κ3) is 2.62. The minimum Gasteiger partial charge on any atom is -0.382 e. The first-order chi connectivity index (χ1) is 10.3. The van der Waals surface area contributed by atoms with E-state index >= 15 is 0 Å². The highest BCUT2D eigenvalue weighted by Crippen LogP contribution is 2.37. The zero-order valence-electron chi connectivity index (χ0n) is 12.5. The number of halogens is 1. The molecule has 1 aliphatic heterocycles. The van der Waals surface area contributed by atoms with Gasteiger partial charge in [0.05, 0.1) is 11.6 Å². The molecule has 0 saturated carbocycles. The van der Waals surface area contributed by atoms with E-state index in [1.807, 2.05) is 0 Å². The number of sulfonamides is 1. The molecule has 1 aliphatic rings. The molecule has 0 spiro atoms. The Labute approximate surface area is 135 Å². The van der Waals surface area contributed by atoms with Crippen molar-refractivity contribution in [3.05, 3.63) is 28.8 Å². The number of aryl methyl sites for hydroxylation is 1. The second-order valence-corrected chi connectivity index (χ2v) is 7.60. The third-order valence-electron chi connectivity index (χ3n) is 3.98. The normalized spacial score (nSPS) is 22.9. The number of nitrogens with zero attached hydrogens (tertiary/aromatic N) is 1. The number of methoxy groups -OCH3 is 1. The summed E-state index contributed by atoms with van der Waals surface area (Å²) in [4.78, 5) is 12.0. The number of benzene rings is 1. The van der Waals surface area contributed by atoms with Gasteiger partial charge in [-0.3, -0.25) is 4.79 Å². The molecule has 0 bridgehead atoms. The van der Waals surface area contributed by atoms with Gasteiger partial charge in [-0.05, 0) is 31.4 Å². The fourth-order valence-electron chi connectivity index (χ4n) is 2.96. The predicted molar refractivity (Wildman–Crippen MR) is 83.1 cm³/mol. The van der Waals surface area contributed by atoms with E-state index in [-0.39, 0.29) is 23.1 Å². The van der Waals surface area contributed by atoms with E-state index in [1.54, 1.807) is 19.1 Å². The molecule has 1 saturated heterocycles. The summed E-state index contributed by atoms with van der Waals surface area (Å²) in [6, 6.07) is 4.86. The van der Waals surface area contributed by atoms with Gasteiger partial charge in [-0.15, -0.1) is 0 Å². The summed E-state index contributed by atoms with van der Waals surface area (Å²) in [5, 5.41) is 0.127. The zero-order valence-corrected chi connectivity index (χ0v) is 14.1. The highest BCUT2D eigenvalue weighted by molar-refractivity contribution is 7.89. The minimum absolute atomic E-state index is 0.0142. The maximum absolute atomic E-state index is 13.0. The second kappa shape index (κ2) is 6.16. The van der Waals surface area contributed by atoms with Crippen LogP contribution in [0.2, 0.25) is 5.02 Å². The monoisotopic (exact) mass is 346 g/mol. The number of hydrogen-bond acceptors (Lipinski definition) is 4. The first-order valence-corrected chi connectivity index (χ1v) is 8.66. The van der Waals surface area contributed by atoms with Crippen LogP contribution in [-0.4, -0.2) is 44.4 Å². The number of carbonyl (C=O) groups excluding carboxylic acids is 1. The molecule has 1 atom stereocenters. The molecule has 2 rings (SSSR count). The number of carbonyl (C=O) groups is 1. The molecule has 1 amide bonds. The van der Waals surface area contributed by atoms with Crippen LogP contribution in [0.1, 0.15) is 18.4 Å². The van der Waals surface area contributed by atoms with E-state index in [0.29, 0.717) is 18.4 Å². The lowest BCUT2D eigenvalue weighted by Crippen LogP contribution is -2.58. The molecule has 1 aromatic carbocycles. The Morgan fingerprint density at radius 2 is 2.18 bits per heavy atom. The van der Waals surface area contributed by atoms with Crippen molar-refractivity contribution in [3.8, 4) is 0 Å². The van der Waals surface area contributed by atoms with E-state index in [4.69, 9.17) is 22.1 Å². The molecule has 1 aromatic rings. The Bertz CT molecular complexity index is 672. The van der Waals surface area contributed by atoms with Gasteiger partial charge in [0, 0.05) is 13.7 Å². The van der Waals surface area contributed by atoms with Crippen molar-refractivity contribution in [1.29, 1.82) is 0 Å². The van der Waals surface area contributed by atoms with Gasteiger partial charge < -0.3 is 10.5 Å². The highest BCUT2D eigenvalue weighted by Gasteiger charge is 2.52. The van der Waals surface area contributed by atoms with E-state index < -0.39 is 21.5 Å². The molecule has 6 nitrogen and oxygen atoms in total. The fraction of sp³-hybridized carbons (Fsp3) is 0.500. The van der Waals surface area contributed by atoms with Gasteiger partial charge in [0.15, 0.2) is 0 Å². The molecule has 22 heavy (non-hydrogen) atoms. The molecule has 0 aromatic heterocycles. The van der Waals surface area contributed by atoms with Gasteiger partial charge >= 0.3 is 0 Å². The first kappa shape index (κ1) is 17.2. The average Bonchev–Trinajstić information content (AvgIpc) is 2.84. The van der Waals surface area contributed by atoms with Crippen molar-refractivity contribution in [2.75, 3.05) is 20.3 Å². The Morgan fingerprint density at radius 1 is 1.50 bits per heavy atom. The standard InChI is InChI=1S/C14H19ClN2O4S/c1-10-5-3-6-11(15)12(10)22(19,20)17-8-4-7-14(17,9-21-2)13(16)18/h3,5-6H,4,7-9H2,1-2H3,(H2,16,18). The highest BCUT2D eigenvalue weighted by atomic mass is 35.5. The molecule has 122 valence electrons. The summed E-state index contributed by atoms with van der Waals surface area (Å²) in [6.07, 6.45) is 0.869. The van der Waals surface area contributed by atoms with Gasteiger partial charge in [0.2, 0.25) is 15.9 Å². The lowest BCUT2D eigenvalue weighted by molar-refractivity contribution is -0.128. The SMILES string of the molecule is COCC1(C(N)=O)CCCN1S(=O)(=O)c1c(C)cccc1Cl. The molecule has 0 aliphatic carbocycles. The van der Waals surface area contributed by atoms with Crippen LogP contribution in [0.3, 0.4) is 0 Å². The van der Waals surface area contributed by atoms with Crippen molar-refractivity contribution < 1.29 is 17.9 Å². The molecule has 1 unspecified atom stereocenters. The molecule has 2 N–H and O–H groups in total. The van der Waals surface area contributed by atoms with Crippen molar-refractivity contribution in [1.82, 2.24) is 4.31 Å².